The zero-order chi connectivity index (χ0) is 11.1. The van der Waals surface area contributed by atoms with E-state index in [1.54, 1.807) is 0 Å². The molecule has 0 radical (unpaired) electrons. The normalized spacial score (nSPS) is 41.9. The lowest BCUT2D eigenvalue weighted by Gasteiger charge is -2.41. The van der Waals surface area contributed by atoms with Crippen LogP contribution in [0.25, 0.3) is 0 Å². The van der Waals surface area contributed by atoms with Gasteiger partial charge in [-0.2, -0.15) is 0 Å². The Balaban J connectivity index is 1.94. The number of hydrogen-bond donors (Lipinski definition) is 3. The van der Waals surface area contributed by atoms with Crippen molar-refractivity contribution in [1.29, 1.82) is 0 Å². The summed E-state index contributed by atoms with van der Waals surface area (Å²) in [5.41, 5.74) is 14.9. The van der Waals surface area contributed by atoms with Gasteiger partial charge in [0, 0.05) is 24.2 Å². The topological polar surface area (TPSA) is 64.1 Å². The van der Waals surface area contributed by atoms with Crippen molar-refractivity contribution >= 4 is 0 Å². The van der Waals surface area contributed by atoms with Gasteiger partial charge in [0.1, 0.15) is 0 Å². The van der Waals surface area contributed by atoms with E-state index in [1.807, 2.05) is 0 Å². The van der Waals surface area contributed by atoms with Gasteiger partial charge in [-0.15, -0.1) is 0 Å². The Morgan fingerprint density at radius 3 is 2.94 bits per heavy atom. The fourth-order valence-electron chi connectivity index (χ4n) is 2.96. The van der Waals surface area contributed by atoms with E-state index in [0.717, 1.165) is 19.3 Å². The number of hydrogen-bond acceptors (Lipinski definition) is 3. The van der Waals surface area contributed by atoms with Gasteiger partial charge in [0.15, 0.2) is 0 Å². The van der Waals surface area contributed by atoms with E-state index in [-0.39, 0.29) is 12.1 Å². The van der Waals surface area contributed by atoms with Crippen LogP contribution < -0.4 is 16.8 Å². The van der Waals surface area contributed by atoms with E-state index in [0.29, 0.717) is 12.1 Å². The molecular weight excluding hydrogens is 198 g/mol. The van der Waals surface area contributed by atoms with Crippen molar-refractivity contribution in [3.63, 3.8) is 0 Å². The van der Waals surface area contributed by atoms with Crippen LogP contribution in [0.3, 0.4) is 0 Å². The summed E-state index contributed by atoms with van der Waals surface area (Å²) >= 11 is 0. The van der Waals surface area contributed by atoms with E-state index in [9.17, 15) is 0 Å². The molecule has 0 amide bonds. The summed E-state index contributed by atoms with van der Waals surface area (Å²) in [4.78, 5) is 0. The molecule has 1 fully saturated rings. The Bertz CT molecular complexity index is 381. The molecule has 4 atom stereocenters. The molecule has 3 nitrogen and oxygen atoms in total. The molecule has 1 saturated carbocycles. The lowest BCUT2D eigenvalue weighted by Crippen LogP contribution is -2.56. The smallest absolute Gasteiger partial charge is 0.0426 e. The number of fused-ring (bicyclic) bond motifs is 2. The number of allylic oxidation sites excluding steroid dienone is 2. The summed E-state index contributed by atoms with van der Waals surface area (Å²) in [5, 5.41) is 3.68. The molecule has 4 unspecified atom stereocenters. The summed E-state index contributed by atoms with van der Waals surface area (Å²) in [6.07, 6.45) is 12.0. The van der Waals surface area contributed by atoms with Crippen molar-refractivity contribution in [1.82, 2.24) is 5.32 Å². The van der Waals surface area contributed by atoms with E-state index in [2.05, 4.69) is 29.6 Å². The Labute approximate surface area is 96.3 Å². The van der Waals surface area contributed by atoms with Crippen LogP contribution in [0.5, 0.6) is 0 Å². The molecule has 0 aromatic carbocycles. The van der Waals surface area contributed by atoms with Crippen LogP contribution in [0.15, 0.2) is 35.5 Å². The lowest BCUT2D eigenvalue weighted by atomic mass is 9.77. The standard InChI is InChI=1S/C13H19N3/c14-10-5-6-12-9(13(10)15)7-8-3-1-2-4-11(8)16-12/h1-3,7,10-13,16H,4-6,14-15H2. The maximum atomic E-state index is 6.18. The number of nitrogens with two attached hydrogens (primary N) is 2. The Kier molecular flexibility index (Phi) is 2.46. The Hall–Kier alpha value is -0.900. The van der Waals surface area contributed by atoms with Crippen LogP contribution in [-0.4, -0.2) is 24.2 Å². The third-order valence-corrected chi connectivity index (χ3v) is 3.97. The summed E-state index contributed by atoms with van der Waals surface area (Å²) in [6, 6.07) is 1.09. The Morgan fingerprint density at radius 1 is 1.19 bits per heavy atom. The maximum absolute atomic E-state index is 6.18. The van der Waals surface area contributed by atoms with Crippen LogP contribution in [0.2, 0.25) is 0 Å². The first-order valence-electron chi connectivity index (χ1n) is 6.11. The maximum Gasteiger partial charge on any atom is 0.0426 e. The van der Waals surface area contributed by atoms with Crippen LogP contribution in [0, 0.1) is 0 Å². The highest BCUT2D eigenvalue weighted by atomic mass is 15.0. The van der Waals surface area contributed by atoms with Crippen molar-refractivity contribution in [2.24, 2.45) is 11.5 Å². The molecule has 1 aliphatic heterocycles. The van der Waals surface area contributed by atoms with Gasteiger partial charge >= 0.3 is 0 Å². The van der Waals surface area contributed by atoms with Crippen molar-refractivity contribution in [2.75, 3.05) is 0 Å². The first-order valence-corrected chi connectivity index (χ1v) is 6.11. The van der Waals surface area contributed by atoms with Crippen LogP contribution in [-0.2, 0) is 0 Å². The summed E-state index contributed by atoms with van der Waals surface area (Å²) < 4.78 is 0. The summed E-state index contributed by atoms with van der Waals surface area (Å²) in [6.45, 7) is 0. The molecule has 0 spiro atoms. The fourth-order valence-corrected chi connectivity index (χ4v) is 2.96. The highest BCUT2D eigenvalue weighted by Crippen LogP contribution is 2.31. The minimum absolute atomic E-state index is 0.0269. The van der Waals surface area contributed by atoms with Gasteiger partial charge < -0.3 is 16.8 Å². The third-order valence-electron chi connectivity index (χ3n) is 3.97. The largest absolute Gasteiger partial charge is 0.326 e. The van der Waals surface area contributed by atoms with Crippen LogP contribution in [0.1, 0.15) is 19.3 Å². The second-order valence-electron chi connectivity index (χ2n) is 5.01. The molecule has 0 aromatic heterocycles. The predicted molar refractivity (Wildman–Crippen MR) is 65.8 cm³/mol. The highest BCUT2D eigenvalue weighted by Gasteiger charge is 2.35. The lowest BCUT2D eigenvalue weighted by molar-refractivity contribution is 0.356. The zero-order valence-electron chi connectivity index (χ0n) is 9.39. The molecule has 86 valence electrons. The molecule has 2 aliphatic carbocycles. The third kappa shape index (κ3) is 1.56. The fraction of sp³-hybridized carbons (Fsp3) is 0.538. The first-order chi connectivity index (χ1) is 7.75. The molecule has 0 bridgehead atoms. The van der Waals surface area contributed by atoms with Crippen molar-refractivity contribution in [2.45, 2.75) is 43.4 Å². The highest BCUT2D eigenvalue weighted by molar-refractivity contribution is 5.42. The van der Waals surface area contributed by atoms with Crippen molar-refractivity contribution < 1.29 is 0 Å². The zero-order valence-corrected chi connectivity index (χ0v) is 9.39. The van der Waals surface area contributed by atoms with Gasteiger partial charge in [-0.3, -0.25) is 0 Å². The van der Waals surface area contributed by atoms with Gasteiger partial charge in [-0.1, -0.05) is 24.3 Å². The molecule has 0 saturated heterocycles. The molecule has 16 heavy (non-hydrogen) atoms. The average molecular weight is 217 g/mol. The van der Waals surface area contributed by atoms with Gasteiger partial charge in [-0.05, 0) is 30.4 Å². The first kappa shape index (κ1) is 10.3. The average Bonchev–Trinajstić information content (AvgIpc) is 2.32. The van der Waals surface area contributed by atoms with E-state index >= 15 is 0 Å². The van der Waals surface area contributed by atoms with Crippen molar-refractivity contribution in [3.05, 3.63) is 35.5 Å². The molecule has 5 N–H and O–H groups in total. The quantitative estimate of drug-likeness (QED) is 0.556. The van der Waals surface area contributed by atoms with Crippen LogP contribution >= 0.6 is 0 Å². The van der Waals surface area contributed by atoms with E-state index in [1.165, 1.54) is 11.1 Å². The second-order valence-corrected chi connectivity index (χ2v) is 5.01. The van der Waals surface area contributed by atoms with E-state index in [4.69, 9.17) is 11.5 Å². The second kappa shape index (κ2) is 3.84. The summed E-state index contributed by atoms with van der Waals surface area (Å²) in [7, 11) is 0. The number of nitrogens with one attached hydrogen (secondary N) is 1. The summed E-state index contributed by atoms with van der Waals surface area (Å²) in [5.74, 6) is 0. The molecule has 3 aliphatic rings. The van der Waals surface area contributed by atoms with Crippen LogP contribution in [0.4, 0.5) is 0 Å². The predicted octanol–water partition coefficient (Wildman–Crippen LogP) is 0.588. The minimum Gasteiger partial charge on any atom is -0.326 e. The SMILES string of the molecule is NC1CCC2NC3CC=CC=C3C=C2C1N. The van der Waals surface area contributed by atoms with Gasteiger partial charge in [0.05, 0.1) is 0 Å². The molecule has 0 aromatic rings. The van der Waals surface area contributed by atoms with E-state index < -0.39 is 0 Å². The van der Waals surface area contributed by atoms with Crippen molar-refractivity contribution in [3.8, 4) is 0 Å². The molecule has 1 heterocycles. The molecular formula is C13H19N3. The Morgan fingerprint density at radius 2 is 2.06 bits per heavy atom. The van der Waals surface area contributed by atoms with Gasteiger partial charge in [0.2, 0.25) is 0 Å². The minimum atomic E-state index is 0.0269. The number of rotatable bonds is 0. The molecule has 3 heteroatoms. The van der Waals surface area contributed by atoms with Gasteiger partial charge in [-0.25, -0.2) is 0 Å². The monoisotopic (exact) mass is 217 g/mol. The molecule has 3 rings (SSSR count). The van der Waals surface area contributed by atoms with Gasteiger partial charge in [0.25, 0.3) is 0 Å².